The SMILES string of the molecule is CCCOc1ccc(C(=O)CCC(=O)OC(C)C(=O)c2ccc3c(c2)CCN3C(C)=O)cc1. The van der Waals surface area contributed by atoms with Gasteiger partial charge in [-0.25, -0.2) is 0 Å². The van der Waals surface area contributed by atoms with Gasteiger partial charge in [0.2, 0.25) is 11.7 Å². The molecular weight excluding hydrogens is 422 g/mol. The standard InChI is InChI=1S/C26H29NO6/c1-4-15-32-22-8-5-19(6-9-22)24(29)11-12-25(30)33-17(2)26(31)21-7-10-23-20(16-21)13-14-27(23)18(3)28/h5-10,16-17H,4,11-15H2,1-3H3. The van der Waals surface area contributed by atoms with Crippen molar-refractivity contribution in [2.45, 2.75) is 52.6 Å². The maximum Gasteiger partial charge on any atom is 0.306 e. The number of esters is 1. The number of fused-ring (bicyclic) bond motifs is 1. The first-order valence-corrected chi connectivity index (χ1v) is 11.2. The highest BCUT2D eigenvalue weighted by Gasteiger charge is 2.25. The van der Waals surface area contributed by atoms with Crippen molar-refractivity contribution in [2.24, 2.45) is 0 Å². The number of amides is 1. The third-order valence-corrected chi connectivity index (χ3v) is 5.52. The molecule has 7 nitrogen and oxygen atoms in total. The molecule has 0 aliphatic carbocycles. The number of carbonyl (C=O) groups is 4. The van der Waals surface area contributed by atoms with Gasteiger partial charge >= 0.3 is 5.97 Å². The summed E-state index contributed by atoms with van der Waals surface area (Å²) in [5.41, 5.74) is 2.66. The highest BCUT2D eigenvalue weighted by molar-refractivity contribution is 6.02. The zero-order valence-electron chi connectivity index (χ0n) is 19.3. The van der Waals surface area contributed by atoms with E-state index < -0.39 is 12.1 Å². The van der Waals surface area contributed by atoms with E-state index in [0.29, 0.717) is 36.4 Å². The average Bonchev–Trinajstić information content (AvgIpc) is 3.24. The summed E-state index contributed by atoms with van der Waals surface area (Å²) in [4.78, 5) is 50.7. The number of ether oxygens (including phenoxy) is 2. The Labute approximate surface area is 193 Å². The molecule has 0 saturated carbocycles. The van der Waals surface area contributed by atoms with E-state index in [2.05, 4.69) is 0 Å². The van der Waals surface area contributed by atoms with E-state index in [1.807, 2.05) is 6.92 Å². The molecule has 7 heteroatoms. The number of nitrogens with zero attached hydrogens (tertiary/aromatic N) is 1. The summed E-state index contributed by atoms with van der Waals surface area (Å²) in [7, 11) is 0. The molecule has 1 aliphatic heterocycles. The molecule has 1 aliphatic rings. The molecule has 33 heavy (non-hydrogen) atoms. The van der Waals surface area contributed by atoms with Crippen molar-refractivity contribution in [3.8, 4) is 5.75 Å². The van der Waals surface area contributed by atoms with Gasteiger partial charge in [-0.05, 0) is 67.8 Å². The van der Waals surface area contributed by atoms with Crippen molar-refractivity contribution in [1.82, 2.24) is 0 Å². The third-order valence-electron chi connectivity index (χ3n) is 5.52. The molecule has 0 fully saturated rings. The van der Waals surface area contributed by atoms with Crippen LogP contribution in [0.5, 0.6) is 5.75 Å². The second-order valence-electron chi connectivity index (χ2n) is 8.06. The summed E-state index contributed by atoms with van der Waals surface area (Å²) >= 11 is 0. The number of benzene rings is 2. The third kappa shape index (κ3) is 6.06. The zero-order chi connectivity index (χ0) is 24.0. The van der Waals surface area contributed by atoms with E-state index in [1.54, 1.807) is 47.4 Å². The maximum atomic E-state index is 12.7. The van der Waals surface area contributed by atoms with Crippen molar-refractivity contribution in [1.29, 1.82) is 0 Å². The van der Waals surface area contributed by atoms with Crippen LogP contribution >= 0.6 is 0 Å². The van der Waals surface area contributed by atoms with E-state index in [9.17, 15) is 19.2 Å². The van der Waals surface area contributed by atoms with Gasteiger partial charge in [-0.2, -0.15) is 0 Å². The molecule has 0 saturated heterocycles. The van der Waals surface area contributed by atoms with E-state index in [4.69, 9.17) is 9.47 Å². The van der Waals surface area contributed by atoms with Crippen molar-refractivity contribution in [2.75, 3.05) is 18.1 Å². The van der Waals surface area contributed by atoms with E-state index >= 15 is 0 Å². The predicted molar refractivity (Wildman–Crippen MR) is 124 cm³/mol. The van der Waals surface area contributed by atoms with Gasteiger partial charge in [-0.3, -0.25) is 19.2 Å². The van der Waals surface area contributed by atoms with Gasteiger partial charge < -0.3 is 14.4 Å². The fourth-order valence-corrected chi connectivity index (χ4v) is 3.74. The molecule has 1 heterocycles. The molecular formula is C26H29NO6. The van der Waals surface area contributed by atoms with Gasteiger partial charge in [-0.15, -0.1) is 0 Å². The number of hydrogen-bond donors (Lipinski definition) is 0. The van der Waals surface area contributed by atoms with Crippen molar-refractivity contribution in [3.05, 3.63) is 59.2 Å². The number of ketones is 2. The first kappa shape index (κ1) is 24.2. The summed E-state index contributed by atoms with van der Waals surface area (Å²) in [5, 5.41) is 0. The molecule has 174 valence electrons. The number of rotatable bonds is 10. The van der Waals surface area contributed by atoms with Crippen LogP contribution in [0.1, 0.15) is 66.3 Å². The molecule has 0 N–H and O–H groups in total. The van der Waals surface area contributed by atoms with E-state index in [0.717, 1.165) is 17.7 Å². The van der Waals surface area contributed by atoms with Crippen molar-refractivity contribution >= 4 is 29.1 Å². The summed E-state index contributed by atoms with van der Waals surface area (Å²) in [6.45, 7) is 6.25. The fourth-order valence-electron chi connectivity index (χ4n) is 3.74. The lowest BCUT2D eigenvalue weighted by molar-refractivity contribution is -0.146. The van der Waals surface area contributed by atoms with Crippen LogP contribution in [0.25, 0.3) is 0 Å². The average molecular weight is 452 g/mol. The highest BCUT2D eigenvalue weighted by atomic mass is 16.5. The number of anilines is 1. The quantitative estimate of drug-likeness (QED) is 0.398. The summed E-state index contributed by atoms with van der Waals surface area (Å²) in [5.74, 6) is -0.440. The summed E-state index contributed by atoms with van der Waals surface area (Å²) in [6.07, 6.45) is 0.495. The zero-order valence-corrected chi connectivity index (χ0v) is 19.3. The Morgan fingerprint density at radius 1 is 1.00 bits per heavy atom. The molecule has 2 aromatic rings. The van der Waals surface area contributed by atoms with Crippen molar-refractivity contribution < 1.29 is 28.7 Å². The minimum atomic E-state index is -0.967. The normalized spacial score (nSPS) is 13.2. The molecule has 0 radical (unpaired) electrons. The van der Waals surface area contributed by atoms with Gasteiger partial charge in [-0.1, -0.05) is 6.92 Å². The lowest BCUT2D eigenvalue weighted by atomic mass is 10.0. The molecule has 0 bridgehead atoms. The van der Waals surface area contributed by atoms with Gasteiger partial charge in [0.15, 0.2) is 11.9 Å². The van der Waals surface area contributed by atoms with Gasteiger partial charge in [0.05, 0.1) is 13.0 Å². The van der Waals surface area contributed by atoms with Gasteiger partial charge in [0.25, 0.3) is 0 Å². The second-order valence-corrected chi connectivity index (χ2v) is 8.06. The Morgan fingerprint density at radius 2 is 1.70 bits per heavy atom. The van der Waals surface area contributed by atoms with E-state index in [1.165, 1.54) is 13.8 Å². The Hall–Kier alpha value is -3.48. The lowest BCUT2D eigenvalue weighted by Crippen LogP contribution is -2.26. The van der Waals surface area contributed by atoms with Crippen LogP contribution in [0.2, 0.25) is 0 Å². The van der Waals surface area contributed by atoms with Crippen LogP contribution in [-0.4, -0.2) is 42.7 Å². The van der Waals surface area contributed by atoms with E-state index in [-0.39, 0.29) is 30.3 Å². The smallest absolute Gasteiger partial charge is 0.306 e. The van der Waals surface area contributed by atoms with Gasteiger partial charge in [0.1, 0.15) is 5.75 Å². The lowest BCUT2D eigenvalue weighted by Gasteiger charge is -2.16. The minimum absolute atomic E-state index is 0.00532. The van der Waals surface area contributed by atoms with Crippen LogP contribution in [0.3, 0.4) is 0 Å². The van der Waals surface area contributed by atoms with Gasteiger partial charge in [0, 0.05) is 36.7 Å². The Balaban J connectivity index is 1.50. The van der Waals surface area contributed by atoms with Crippen molar-refractivity contribution in [3.63, 3.8) is 0 Å². The molecule has 3 rings (SSSR count). The van der Waals surface area contributed by atoms with Crippen LogP contribution in [0.15, 0.2) is 42.5 Å². The Morgan fingerprint density at radius 3 is 2.36 bits per heavy atom. The number of carbonyl (C=O) groups excluding carboxylic acids is 4. The molecule has 0 spiro atoms. The Bertz CT molecular complexity index is 1040. The number of Topliss-reactive ketones (excluding diaryl/α,β-unsaturated/α-hetero) is 2. The first-order valence-electron chi connectivity index (χ1n) is 11.2. The monoisotopic (exact) mass is 451 g/mol. The first-order chi connectivity index (χ1) is 15.8. The van der Waals surface area contributed by atoms with Crippen LogP contribution in [0.4, 0.5) is 5.69 Å². The predicted octanol–water partition coefficient (Wildman–Crippen LogP) is 4.16. The molecule has 1 amide bonds. The highest BCUT2D eigenvalue weighted by Crippen LogP contribution is 2.29. The summed E-state index contributed by atoms with van der Waals surface area (Å²) < 4.78 is 10.8. The molecule has 1 unspecified atom stereocenters. The summed E-state index contributed by atoms with van der Waals surface area (Å²) in [6, 6.07) is 12.0. The molecule has 0 aromatic heterocycles. The minimum Gasteiger partial charge on any atom is -0.494 e. The van der Waals surface area contributed by atoms with Crippen LogP contribution in [-0.2, 0) is 20.7 Å². The number of hydrogen-bond acceptors (Lipinski definition) is 6. The maximum absolute atomic E-state index is 12.7. The Kier molecular flexibility index (Phi) is 7.98. The van der Waals surface area contributed by atoms with Crippen LogP contribution < -0.4 is 9.64 Å². The fraction of sp³-hybridized carbons (Fsp3) is 0.385. The second kappa shape index (κ2) is 10.9. The molecule has 1 atom stereocenters. The molecule has 2 aromatic carbocycles. The largest absolute Gasteiger partial charge is 0.494 e. The topological polar surface area (TPSA) is 90.0 Å². The van der Waals surface area contributed by atoms with Crippen LogP contribution in [0, 0.1) is 0 Å².